The molecule has 2 rings (SSSR count). The number of rotatable bonds is 5. The maximum atomic E-state index is 12.0. The van der Waals surface area contributed by atoms with E-state index in [2.05, 4.69) is 4.90 Å². The van der Waals surface area contributed by atoms with Crippen molar-refractivity contribution in [3.8, 4) is 0 Å². The van der Waals surface area contributed by atoms with Crippen molar-refractivity contribution >= 4 is 10.1 Å². The zero-order valence-corrected chi connectivity index (χ0v) is 12.9. The van der Waals surface area contributed by atoms with Gasteiger partial charge in [0, 0.05) is 6.54 Å². The Morgan fingerprint density at radius 3 is 2.25 bits per heavy atom. The number of aryl methyl sites for hydroxylation is 1. The average Bonchev–Trinajstić information content (AvgIpc) is 2.68. The van der Waals surface area contributed by atoms with E-state index in [0.717, 1.165) is 18.7 Å². The molecule has 1 heterocycles. The van der Waals surface area contributed by atoms with Gasteiger partial charge in [0.05, 0.1) is 11.5 Å². The Hall–Kier alpha value is -0.910. The SMILES string of the molecule is Cc1ccc(S(=O)(=O)OCCN2CCCCCC2)cc1. The number of hydrogen-bond donors (Lipinski definition) is 0. The number of benzene rings is 1. The maximum absolute atomic E-state index is 12.0. The minimum atomic E-state index is -3.61. The van der Waals surface area contributed by atoms with Crippen molar-refractivity contribution in [3.63, 3.8) is 0 Å². The second-order valence-corrected chi connectivity index (χ2v) is 6.96. The molecule has 5 heteroatoms. The predicted molar refractivity (Wildman–Crippen MR) is 79.2 cm³/mol. The van der Waals surface area contributed by atoms with Crippen molar-refractivity contribution in [2.45, 2.75) is 37.5 Å². The van der Waals surface area contributed by atoms with E-state index in [-0.39, 0.29) is 11.5 Å². The summed E-state index contributed by atoms with van der Waals surface area (Å²) in [6.45, 7) is 4.94. The van der Waals surface area contributed by atoms with E-state index >= 15 is 0 Å². The summed E-state index contributed by atoms with van der Waals surface area (Å²) >= 11 is 0. The molecule has 0 radical (unpaired) electrons. The summed E-state index contributed by atoms with van der Waals surface area (Å²) in [5.74, 6) is 0. The summed E-state index contributed by atoms with van der Waals surface area (Å²) < 4.78 is 29.2. The lowest BCUT2D eigenvalue weighted by molar-refractivity contribution is 0.217. The van der Waals surface area contributed by atoms with Gasteiger partial charge in [-0.3, -0.25) is 4.18 Å². The van der Waals surface area contributed by atoms with Gasteiger partial charge in [-0.1, -0.05) is 30.5 Å². The van der Waals surface area contributed by atoms with Gasteiger partial charge >= 0.3 is 0 Å². The third kappa shape index (κ3) is 4.58. The van der Waals surface area contributed by atoms with Crippen LogP contribution in [0.5, 0.6) is 0 Å². The number of likely N-dealkylation sites (tertiary alicyclic amines) is 1. The van der Waals surface area contributed by atoms with Crippen LogP contribution >= 0.6 is 0 Å². The molecule has 1 fully saturated rings. The molecular formula is C15H23NO3S. The van der Waals surface area contributed by atoms with Gasteiger partial charge in [0.1, 0.15) is 0 Å². The maximum Gasteiger partial charge on any atom is 0.297 e. The first-order valence-electron chi connectivity index (χ1n) is 7.26. The molecule has 0 amide bonds. The molecule has 0 bridgehead atoms. The normalized spacial score (nSPS) is 17.9. The van der Waals surface area contributed by atoms with E-state index in [4.69, 9.17) is 4.18 Å². The lowest BCUT2D eigenvalue weighted by Gasteiger charge is -2.19. The van der Waals surface area contributed by atoms with Crippen molar-refractivity contribution in [2.75, 3.05) is 26.2 Å². The quantitative estimate of drug-likeness (QED) is 0.784. The molecule has 0 aliphatic carbocycles. The first-order valence-corrected chi connectivity index (χ1v) is 8.67. The molecule has 0 N–H and O–H groups in total. The third-order valence-corrected chi connectivity index (χ3v) is 4.98. The van der Waals surface area contributed by atoms with Crippen LogP contribution in [0.1, 0.15) is 31.2 Å². The van der Waals surface area contributed by atoms with E-state index < -0.39 is 10.1 Å². The second-order valence-electron chi connectivity index (χ2n) is 5.35. The van der Waals surface area contributed by atoms with Crippen LogP contribution in [0.4, 0.5) is 0 Å². The third-order valence-electron chi connectivity index (χ3n) is 3.65. The Morgan fingerprint density at radius 1 is 1.05 bits per heavy atom. The first-order chi connectivity index (χ1) is 9.58. The van der Waals surface area contributed by atoms with Crippen LogP contribution in [0.15, 0.2) is 29.2 Å². The zero-order chi connectivity index (χ0) is 14.4. The highest BCUT2D eigenvalue weighted by molar-refractivity contribution is 7.86. The van der Waals surface area contributed by atoms with Crippen LogP contribution in [-0.2, 0) is 14.3 Å². The molecular weight excluding hydrogens is 274 g/mol. The van der Waals surface area contributed by atoms with E-state index in [1.165, 1.54) is 25.7 Å². The van der Waals surface area contributed by atoms with Gasteiger partial charge in [0.2, 0.25) is 0 Å². The largest absolute Gasteiger partial charge is 0.301 e. The molecule has 20 heavy (non-hydrogen) atoms. The van der Waals surface area contributed by atoms with Crippen molar-refractivity contribution in [2.24, 2.45) is 0 Å². The fourth-order valence-corrected chi connectivity index (χ4v) is 3.31. The van der Waals surface area contributed by atoms with Gasteiger partial charge in [0.25, 0.3) is 10.1 Å². The fourth-order valence-electron chi connectivity index (χ4n) is 2.41. The van der Waals surface area contributed by atoms with Gasteiger partial charge in [0.15, 0.2) is 0 Å². The van der Waals surface area contributed by atoms with Crippen LogP contribution < -0.4 is 0 Å². The topological polar surface area (TPSA) is 46.6 Å². The summed E-state index contributed by atoms with van der Waals surface area (Å²) in [6.07, 6.45) is 4.95. The summed E-state index contributed by atoms with van der Waals surface area (Å²) in [6, 6.07) is 6.75. The molecule has 1 aliphatic rings. The summed E-state index contributed by atoms with van der Waals surface area (Å²) in [5, 5.41) is 0. The Kier molecular flexibility index (Phi) is 5.57. The Bertz CT molecular complexity index is 502. The molecule has 1 aromatic rings. The Balaban J connectivity index is 1.84. The molecule has 112 valence electrons. The lowest BCUT2D eigenvalue weighted by atomic mass is 10.2. The summed E-state index contributed by atoms with van der Waals surface area (Å²) in [5.41, 5.74) is 1.04. The van der Waals surface area contributed by atoms with Gasteiger partial charge in [-0.25, -0.2) is 0 Å². The minimum absolute atomic E-state index is 0.232. The summed E-state index contributed by atoms with van der Waals surface area (Å²) in [4.78, 5) is 2.52. The standard InChI is InChI=1S/C15H23NO3S/c1-14-6-8-15(9-7-14)20(17,18)19-13-12-16-10-4-2-3-5-11-16/h6-9H,2-5,10-13H2,1H3. The number of hydrogen-bond acceptors (Lipinski definition) is 4. The minimum Gasteiger partial charge on any atom is -0.301 e. The molecule has 4 nitrogen and oxygen atoms in total. The monoisotopic (exact) mass is 297 g/mol. The van der Waals surface area contributed by atoms with Crippen LogP contribution in [-0.4, -0.2) is 39.6 Å². The molecule has 0 unspecified atom stereocenters. The molecule has 1 saturated heterocycles. The van der Waals surface area contributed by atoms with Crippen LogP contribution in [0.2, 0.25) is 0 Å². The molecule has 1 aromatic carbocycles. The van der Waals surface area contributed by atoms with Crippen molar-refractivity contribution < 1.29 is 12.6 Å². The number of nitrogens with zero attached hydrogens (tertiary/aromatic N) is 1. The zero-order valence-electron chi connectivity index (χ0n) is 12.0. The predicted octanol–water partition coefficient (Wildman–Crippen LogP) is 2.58. The Morgan fingerprint density at radius 2 is 1.65 bits per heavy atom. The van der Waals surface area contributed by atoms with E-state index in [1.54, 1.807) is 24.3 Å². The van der Waals surface area contributed by atoms with Gasteiger partial charge < -0.3 is 4.90 Å². The van der Waals surface area contributed by atoms with E-state index in [9.17, 15) is 8.42 Å². The van der Waals surface area contributed by atoms with E-state index in [1.807, 2.05) is 6.92 Å². The van der Waals surface area contributed by atoms with Crippen molar-refractivity contribution in [1.29, 1.82) is 0 Å². The highest BCUT2D eigenvalue weighted by Crippen LogP contribution is 2.14. The van der Waals surface area contributed by atoms with Crippen molar-refractivity contribution in [3.05, 3.63) is 29.8 Å². The van der Waals surface area contributed by atoms with Gasteiger partial charge in [-0.05, 0) is 45.0 Å². The fraction of sp³-hybridized carbons (Fsp3) is 0.600. The molecule has 0 spiro atoms. The molecule has 0 saturated carbocycles. The molecule has 0 atom stereocenters. The lowest BCUT2D eigenvalue weighted by Crippen LogP contribution is -2.29. The average molecular weight is 297 g/mol. The van der Waals surface area contributed by atoms with Gasteiger partial charge in [-0.2, -0.15) is 8.42 Å². The van der Waals surface area contributed by atoms with Crippen LogP contribution in [0.3, 0.4) is 0 Å². The van der Waals surface area contributed by atoms with Gasteiger partial charge in [-0.15, -0.1) is 0 Å². The highest BCUT2D eigenvalue weighted by Gasteiger charge is 2.16. The first kappa shape index (κ1) is 15.5. The van der Waals surface area contributed by atoms with Crippen LogP contribution in [0, 0.1) is 6.92 Å². The second kappa shape index (κ2) is 7.20. The highest BCUT2D eigenvalue weighted by atomic mass is 32.2. The summed E-state index contributed by atoms with van der Waals surface area (Å²) in [7, 11) is -3.61. The van der Waals surface area contributed by atoms with Crippen molar-refractivity contribution in [1.82, 2.24) is 4.90 Å². The smallest absolute Gasteiger partial charge is 0.297 e. The van der Waals surface area contributed by atoms with E-state index in [0.29, 0.717) is 6.54 Å². The Labute approximate surface area is 121 Å². The molecule has 0 aromatic heterocycles. The molecule has 1 aliphatic heterocycles. The van der Waals surface area contributed by atoms with Crippen LogP contribution in [0.25, 0.3) is 0 Å².